The normalized spacial score (nSPS) is 22.6. The van der Waals surface area contributed by atoms with Gasteiger partial charge in [-0.2, -0.15) is 0 Å². The molecule has 1 aromatic rings. The number of nitrogens with zero attached hydrogens (tertiary/aromatic N) is 2. The molecule has 108 valence electrons. The molecule has 2 aliphatic heterocycles. The Kier molecular flexibility index (Phi) is 3.25. The van der Waals surface area contributed by atoms with E-state index in [0.29, 0.717) is 11.4 Å². The van der Waals surface area contributed by atoms with E-state index in [4.69, 9.17) is 4.74 Å². The first kappa shape index (κ1) is 13.2. The number of hydrogen-bond acceptors (Lipinski definition) is 4. The predicted molar refractivity (Wildman–Crippen MR) is 75.0 cm³/mol. The van der Waals surface area contributed by atoms with Crippen LogP contribution in [0.1, 0.15) is 6.92 Å². The number of fused-ring (bicyclic) bond motifs is 1. The van der Waals surface area contributed by atoms with Gasteiger partial charge in [0.05, 0.1) is 11.4 Å². The number of rotatable bonds is 1. The molecule has 0 aromatic heterocycles. The lowest BCUT2D eigenvalue weighted by Gasteiger charge is -2.36. The van der Waals surface area contributed by atoms with Crippen LogP contribution in [0.2, 0.25) is 0 Å². The SMILES string of the molecule is CC1Oc2c(N3CCNCC3)cc(F)cc2N(C)C1=O. The van der Waals surface area contributed by atoms with Gasteiger partial charge in [-0.3, -0.25) is 4.79 Å². The number of piperazine rings is 1. The first-order chi connectivity index (χ1) is 9.58. The molecule has 1 amide bonds. The van der Waals surface area contributed by atoms with Crippen molar-refractivity contribution in [3.05, 3.63) is 17.9 Å². The van der Waals surface area contributed by atoms with Gasteiger partial charge in [0, 0.05) is 45.4 Å². The van der Waals surface area contributed by atoms with E-state index in [0.717, 1.165) is 31.9 Å². The maximum absolute atomic E-state index is 13.9. The van der Waals surface area contributed by atoms with Gasteiger partial charge >= 0.3 is 0 Å². The van der Waals surface area contributed by atoms with Crippen LogP contribution >= 0.6 is 0 Å². The molecule has 6 heteroatoms. The third-order valence-electron chi connectivity index (χ3n) is 3.81. The summed E-state index contributed by atoms with van der Waals surface area (Å²) in [6, 6.07) is 2.84. The highest BCUT2D eigenvalue weighted by Crippen LogP contribution is 2.42. The van der Waals surface area contributed by atoms with E-state index in [2.05, 4.69) is 10.2 Å². The van der Waals surface area contributed by atoms with Crippen molar-refractivity contribution in [1.29, 1.82) is 0 Å². The van der Waals surface area contributed by atoms with Crippen LogP contribution in [0.15, 0.2) is 12.1 Å². The smallest absolute Gasteiger partial charge is 0.267 e. The average molecular weight is 279 g/mol. The van der Waals surface area contributed by atoms with Gasteiger partial charge in [-0.05, 0) is 6.92 Å². The number of amides is 1. The number of hydrogen-bond donors (Lipinski definition) is 1. The molecule has 1 aromatic carbocycles. The van der Waals surface area contributed by atoms with Crippen molar-refractivity contribution in [2.24, 2.45) is 0 Å². The quantitative estimate of drug-likeness (QED) is 0.832. The molecule has 1 N–H and O–H groups in total. The summed E-state index contributed by atoms with van der Waals surface area (Å²) in [6.07, 6.45) is -0.542. The lowest BCUT2D eigenvalue weighted by Crippen LogP contribution is -2.45. The highest BCUT2D eigenvalue weighted by molar-refractivity contribution is 6.00. The first-order valence-corrected chi connectivity index (χ1v) is 6.81. The fraction of sp³-hybridized carbons (Fsp3) is 0.500. The topological polar surface area (TPSA) is 44.8 Å². The number of halogens is 1. The molecule has 1 saturated heterocycles. The van der Waals surface area contributed by atoms with Crippen molar-refractivity contribution >= 4 is 17.3 Å². The van der Waals surface area contributed by atoms with Crippen LogP contribution in [0.5, 0.6) is 5.75 Å². The van der Waals surface area contributed by atoms with Gasteiger partial charge in [0.25, 0.3) is 5.91 Å². The molecular weight excluding hydrogens is 261 g/mol. The number of benzene rings is 1. The molecule has 0 spiro atoms. The second kappa shape index (κ2) is 4.94. The van der Waals surface area contributed by atoms with Crippen LogP contribution in [0.4, 0.5) is 15.8 Å². The molecule has 0 radical (unpaired) electrons. The van der Waals surface area contributed by atoms with Crippen LogP contribution in [-0.2, 0) is 4.79 Å². The lowest BCUT2D eigenvalue weighted by molar-refractivity contribution is -0.125. The van der Waals surface area contributed by atoms with Crippen LogP contribution < -0.4 is 19.9 Å². The maximum atomic E-state index is 13.9. The summed E-state index contributed by atoms with van der Waals surface area (Å²) >= 11 is 0. The molecule has 0 saturated carbocycles. The third kappa shape index (κ3) is 2.10. The van der Waals surface area contributed by atoms with E-state index in [-0.39, 0.29) is 11.7 Å². The summed E-state index contributed by atoms with van der Waals surface area (Å²) in [4.78, 5) is 15.5. The molecule has 1 unspecified atom stereocenters. The summed E-state index contributed by atoms with van der Waals surface area (Å²) in [7, 11) is 1.65. The number of ether oxygens (including phenoxy) is 1. The largest absolute Gasteiger partial charge is 0.476 e. The molecular formula is C14H18FN3O2. The van der Waals surface area contributed by atoms with Crippen molar-refractivity contribution in [2.45, 2.75) is 13.0 Å². The molecule has 20 heavy (non-hydrogen) atoms. The fourth-order valence-electron chi connectivity index (χ4n) is 2.69. The Hall–Kier alpha value is -1.82. The minimum absolute atomic E-state index is 0.158. The van der Waals surface area contributed by atoms with E-state index in [1.807, 2.05) is 0 Å². The van der Waals surface area contributed by atoms with Gasteiger partial charge in [0.2, 0.25) is 0 Å². The zero-order valence-corrected chi connectivity index (χ0v) is 11.6. The molecule has 3 rings (SSSR count). The first-order valence-electron chi connectivity index (χ1n) is 6.81. The Labute approximate surface area is 117 Å². The molecule has 2 aliphatic rings. The maximum Gasteiger partial charge on any atom is 0.267 e. The average Bonchev–Trinajstić information content (AvgIpc) is 2.46. The summed E-state index contributed by atoms with van der Waals surface area (Å²) < 4.78 is 19.6. The van der Waals surface area contributed by atoms with Crippen molar-refractivity contribution < 1.29 is 13.9 Å². The number of carbonyl (C=O) groups excluding carboxylic acids is 1. The molecule has 5 nitrogen and oxygen atoms in total. The van der Waals surface area contributed by atoms with Crippen LogP contribution in [0.25, 0.3) is 0 Å². The Morgan fingerprint density at radius 1 is 1.30 bits per heavy atom. The lowest BCUT2D eigenvalue weighted by atomic mass is 10.1. The standard InChI is InChI=1S/C14H18FN3O2/c1-9-14(19)17(2)11-7-10(15)8-12(13(11)20-9)18-5-3-16-4-6-18/h7-9,16H,3-6H2,1-2H3. The van der Waals surface area contributed by atoms with E-state index in [9.17, 15) is 9.18 Å². The second-order valence-electron chi connectivity index (χ2n) is 5.17. The summed E-state index contributed by atoms with van der Waals surface area (Å²) in [5.41, 5.74) is 1.23. The van der Waals surface area contributed by atoms with Gasteiger partial charge in [0.1, 0.15) is 5.82 Å². The predicted octanol–water partition coefficient (Wildman–Crippen LogP) is 0.979. The van der Waals surface area contributed by atoms with Crippen molar-refractivity contribution in [3.63, 3.8) is 0 Å². The van der Waals surface area contributed by atoms with Crippen molar-refractivity contribution in [1.82, 2.24) is 5.32 Å². The van der Waals surface area contributed by atoms with E-state index in [1.54, 1.807) is 14.0 Å². The number of likely N-dealkylation sites (N-methyl/N-ethyl adjacent to an activating group) is 1. The molecule has 0 aliphatic carbocycles. The minimum Gasteiger partial charge on any atom is -0.476 e. The molecule has 0 bridgehead atoms. The van der Waals surface area contributed by atoms with E-state index in [1.165, 1.54) is 17.0 Å². The summed E-state index contributed by atoms with van der Waals surface area (Å²) in [5.74, 6) is 0.0901. The van der Waals surface area contributed by atoms with Crippen LogP contribution in [0, 0.1) is 5.82 Å². The minimum atomic E-state index is -0.542. The van der Waals surface area contributed by atoms with Gasteiger partial charge in [0.15, 0.2) is 11.9 Å². The molecule has 1 fully saturated rings. The van der Waals surface area contributed by atoms with Gasteiger partial charge < -0.3 is 19.9 Å². The Balaban J connectivity index is 2.07. The summed E-state index contributed by atoms with van der Waals surface area (Å²) in [5, 5.41) is 3.26. The zero-order valence-electron chi connectivity index (χ0n) is 11.6. The Morgan fingerprint density at radius 2 is 1.95 bits per heavy atom. The monoisotopic (exact) mass is 279 g/mol. The summed E-state index contributed by atoms with van der Waals surface area (Å²) in [6.45, 7) is 5.02. The highest BCUT2D eigenvalue weighted by Gasteiger charge is 2.32. The third-order valence-corrected chi connectivity index (χ3v) is 3.81. The second-order valence-corrected chi connectivity index (χ2v) is 5.17. The number of nitrogens with one attached hydrogen (secondary N) is 1. The highest BCUT2D eigenvalue weighted by atomic mass is 19.1. The van der Waals surface area contributed by atoms with E-state index < -0.39 is 6.10 Å². The van der Waals surface area contributed by atoms with Crippen LogP contribution in [-0.4, -0.2) is 45.2 Å². The Bertz CT molecular complexity index is 543. The number of anilines is 2. The van der Waals surface area contributed by atoms with Crippen molar-refractivity contribution in [3.8, 4) is 5.75 Å². The van der Waals surface area contributed by atoms with Crippen LogP contribution in [0.3, 0.4) is 0 Å². The van der Waals surface area contributed by atoms with Gasteiger partial charge in [-0.1, -0.05) is 0 Å². The molecule has 2 heterocycles. The fourth-order valence-corrected chi connectivity index (χ4v) is 2.69. The van der Waals surface area contributed by atoms with Gasteiger partial charge in [-0.25, -0.2) is 4.39 Å². The van der Waals surface area contributed by atoms with Gasteiger partial charge in [-0.15, -0.1) is 0 Å². The molecule has 1 atom stereocenters. The van der Waals surface area contributed by atoms with Crippen molar-refractivity contribution in [2.75, 3.05) is 43.0 Å². The number of carbonyl (C=O) groups is 1. The van der Waals surface area contributed by atoms with E-state index >= 15 is 0 Å². The Morgan fingerprint density at radius 3 is 2.65 bits per heavy atom. The zero-order chi connectivity index (χ0) is 14.3.